The number of nitrogens with zero attached hydrogens (tertiary/aromatic N) is 3. The number of aromatic nitrogens is 2. The molecule has 10 N–H and O–H groups in total. The maximum atomic E-state index is 15.5. The molecule has 1 aromatic heterocycles. The van der Waals surface area contributed by atoms with E-state index in [1.165, 1.54) is 44.1 Å². The van der Waals surface area contributed by atoms with E-state index in [1.54, 1.807) is 29.7 Å². The molecule has 10 aliphatic carbocycles. The number of carbonyl (C=O) groups excluding carboxylic acids is 1. The largest absolute Gasteiger partial charge is 0.396 e. The third-order valence-electron chi connectivity index (χ3n) is 23.5. The van der Waals surface area contributed by atoms with Crippen LogP contribution in [-0.2, 0) is 4.79 Å². The number of imidazole rings is 1. The van der Waals surface area contributed by atoms with Gasteiger partial charge in [-0.2, -0.15) is 0 Å². The lowest BCUT2D eigenvalue weighted by Crippen LogP contribution is -2.69. The van der Waals surface area contributed by atoms with Gasteiger partial charge in [0.15, 0.2) is 11.7 Å². The predicted octanol–water partition coefficient (Wildman–Crippen LogP) is 7.63. The average molecular weight is 1070 g/mol. The van der Waals surface area contributed by atoms with Gasteiger partial charge in [-0.15, -0.1) is 0 Å². The van der Waals surface area contributed by atoms with Crippen molar-refractivity contribution in [2.75, 3.05) is 32.5 Å². The topological polar surface area (TPSA) is 219 Å². The predicted molar refractivity (Wildman–Crippen MR) is 296 cm³/mol. The molecule has 1 aromatic rings. The van der Waals surface area contributed by atoms with E-state index in [0.717, 1.165) is 70.0 Å². The van der Waals surface area contributed by atoms with Gasteiger partial charge in [-0.25, -0.2) is 4.98 Å². The number of aliphatic imine (C=N–C) groups is 1. The highest BCUT2D eigenvalue weighted by atomic mass is 33.1. The molecule has 1 aliphatic heterocycles. The Hall–Kier alpha value is -2.21. The normalized spacial score (nSPS) is 45.1. The lowest BCUT2D eigenvalue weighted by molar-refractivity contribution is -0.197. The number of hydrogen-bond donors (Lipinski definition) is 9. The maximum absolute atomic E-state index is 15.5. The average Bonchev–Trinajstić information content (AvgIpc) is 4.42. The molecule has 2 heterocycles. The standard InChI is InChI=1S/C60H90N6O7S2/c1-33(68)65-54(61)64-28-35-25-58(31-67)41-24-45(60(58,73)42-23-43(69)50-40(29-62-5)52(71)44(70)27-56(50,4)48(35)42)59(18-8-9-19-59)75-74-30-36(66-21-20-63-32-66)26-55(2,3)51-38-14-11-17-57(15-6-7-16-57)49(38)37-13-10-12-34-22-39(41)53(72)47(51)46(34)37/h20-21,23,32-36,39-41,44-45,47-50,52-53,62,67-68,70-73H,6-19,22,24-31H2,1-5H3,(H3,61,64,65)/t33-,34+,35-,36+,39+,40-,41-,44+,45-,47-,48+,49-,50+,52-,53+,56-,58+,60+/m1/s1. The zero-order valence-electron chi connectivity index (χ0n) is 45.6. The maximum Gasteiger partial charge on any atom is 0.190 e. The van der Waals surface area contributed by atoms with Crippen molar-refractivity contribution in [3.05, 3.63) is 52.7 Å². The summed E-state index contributed by atoms with van der Waals surface area (Å²) in [6.07, 6.45) is 22.7. The third kappa shape index (κ3) is 7.94. The summed E-state index contributed by atoms with van der Waals surface area (Å²) in [7, 11) is 5.71. The molecule has 18 atom stereocenters. The van der Waals surface area contributed by atoms with E-state index in [0.29, 0.717) is 42.2 Å². The van der Waals surface area contributed by atoms with Crippen LogP contribution >= 0.6 is 21.6 Å². The number of aliphatic hydroxyl groups is 6. The van der Waals surface area contributed by atoms with Gasteiger partial charge in [0.25, 0.3) is 0 Å². The highest BCUT2D eigenvalue weighted by Gasteiger charge is 2.78. The van der Waals surface area contributed by atoms with Gasteiger partial charge in [0.1, 0.15) is 6.23 Å². The van der Waals surface area contributed by atoms with Crippen LogP contribution in [0.4, 0.5) is 0 Å². The number of fused-ring (bicyclic) bond motifs is 15. The fourth-order valence-electron chi connectivity index (χ4n) is 21.3. The van der Waals surface area contributed by atoms with Gasteiger partial charge in [0.05, 0.1) is 36.8 Å². The van der Waals surface area contributed by atoms with Crippen molar-refractivity contribution in [1.29, 1.82) is 0 Å². The van der Waals surface area contributed by atoms with E-state index in [4.69, 9.17) is 10.7 Å². The molecular formula is C60H90N6O7S2. The summed E-state index contributed by atoms with van der Waals surface area (Å²) < 4.78 is 1.93. The van der Waals surface area contributed by atoms with Crippen LogP contribution in [0.1, 0.15) is 156 Å². The van der Waals surface area contributed by atoms with E-state index in [-0.39, 0.29) is 72.4 Å². The molecule has 7 saturated carbocycles. The van der Waals surface area contributed by atoms with Crippen LogP contribution in [0.3, 0.4) is 0 Å². The molecule has 414 valence electrons. The first-order valence-electron chi connectivity index (χ1n) is 29.7. The molecule has 12 rings (SSSR count). The fraction of sp³-hybridized carbons (Fsp3) is 0.817. The van der Waals surface area contributed by atoms with Crippen LogP contribution in [0.2, 0.25) is 0 Å². The zero-order valence-corrected chi connectivity index (χ0v) is 47.2. The van der Waals surface area contributed by atoms with Gasteiger partial charge in [-0.3, -0.25) is 9.79 Å². The van der Waals surface area contributed by atoms with Gasteiger partial charge in [0.2, 0.25) is 0 Å². The van der Waals surface area contributed by atoms with Crippen LogP contribution in [-0.4, -0.2) is 119 Å². The smallest absolute Gasteiger partial charge is 0.190 e. The van der Waals surface area contributed by atoms with E-state index < -0.39 is 63.5 Å². The van der Waals surface area contributed by atoms with Crippen molar-refractivity contribution < 1.29 is 35.4 Å². The van der Waals surface area contributed by atoms with Crippen LogP contribution in [0.15, 0.2) is 57.7 Å². The molecule has 8 fully saturated rings. The molecular weight excluding hydrogens is 981 g/mol. The zero-order chi connectivity index (χ0) is 52.6. The van der Waals surface area contributed by atoms with Crippen molar-refractivity contribution in [3.8, 4) is 0 Å². The van der Waals surface area contributed by atoms with Crippen molar-refractivity contribution >= 4 is 33.3 Å². The molecule has 4 bridgehead atoms. The minimum Gasteiger partial charge on any atom is -0.396 e. The quantitative estimate of drug-likeness (QED) is 0.0423. The van der Waals surface area contributed by atoms with Crippen molar-refractivity contribution in [1.82, 2.24) is 20.2 Å². The SMILES string of the molecule is CNC[C@H]1[C@@H](O)[C@@H](O)C[C@]2(C)[C@@H]3C(=CC(=O)[C@H]12)[C@]1(O)[C@@H]2C[C@H]([C@@H]4C[C@@H]5CCCC6=C5[C@H](C(=C5CCCC7(CCCC7)[C@H]65)C(C)(C)C[C@H](n5ccnc5)CSSC25CCCC5)[C@H]4O)[C@@]1(CO)C[C@@H]3CN=C(N)N[C@@H](C)O. The van der Waals surface area contributed by atoms with Crippen LogP contribution < -0.4 is 16.4 Å². The highest BCUT2D eigenvalue weighted by molar-refractivity contribution is 8.77. The van der Waals surface area contributed by atoms with Gasteiger partial charge in [-0.05, 0) is 168 Å². The molecule has 0 unspecified atom stereocenters. The number of carbonyl (C=O) groups is 1. The molecule has 0 amide bonds. The van der Waals surface area contributed by atoms with Gasteiger partial charge in [-0.1, -0.05) is 90.3 Å². The number of allylic oxidation sites excluding steroid dienone is 3. The minimum atomic E-state index is -1.66. The third-order valence-corrected chi connectivity index (χ3v) is 26.9. The number of guanidine groups is 1. The van der Waals surface area contributed by atoms with Crippen molar-refractivity contribution in [2.24, 2.45) is 91.6 Å². The first-order chi connectivity index (χ1) is 35.9. The Kier molecular flexibility index (Phi) is 13.9. The van der Waals surface area contributed by atoms with Crippen molar-refractivity contribution in [2.45, 2.75) is 191 Å². The number of nitrogens with two attached hydrogens (primary N) is 1. The summed E-state index contributed by atoms with van der Waals surface area (Å²) in [6.45, 7) is 8.91. The Balaban J connectivity index is 1.09. The summed E-state index contributed by atoms with van der Waals surface area (Å²) in [6, 6.07) is 0.132. The van der Waals surface area contributed by atoms with Crippen LogP contribution in [0, 0.1) is 80.8 Å². The molecule has 11 aliphatic rings. The number of hydrogen-bond acceptors (Lipinski definition) is 12. The number of rotatable bonds is 7. The molecule has 0 aromatic carbocycles. The first-order valence-corrected chi connectivity index (χ1v) is 32.0. The second-order valence-corrected chi connectivity index (χ2v) is 30.3. The molecule has 75 heavy (non-hydrogen) atoms. The molecule has 0 radical (unpaired) electrons. The first kappa shape index (κ1) is 53.4. The Morgan fingerprint density at radius 2 is 1.69 bits per heavy atom. The highest BCUT2D eigenvalue weighted by Crippen LogP contribution is 2.77. The molecule has 13 nitrogen and oxygen atoms in total. The van der Waals surface area contributed by atoms with Crippen LogP contribution in [0.5, 0.6) is 0 Å². The van der Waals surface area contributed by atoms with E-state index >= 15 is 9.90 Å². The van der Waals surface area contributed by atoms with Gasteiger partial charge in [0, 0.05) is 77.0 Å². The molecule has 15 heteroatoms. The van der Waals surface area contributed by atoms with Crippen molar-refractivity contribution in [3.63, 3.8) is 0 Å². The summed E-state index contributed by atoms with van der Waals surface area (Å²) in [4.78, 5) is 25.1. The Bertz CT molecular complexity index is 2480. The second-order valence-electron chi connectivity index (χ2n) is 27.6. The van der Waals surface area contributed by atoms with Gasteiger partial charge < -0.3 is 51.6 Å². The second kappa shape index (κ2) is 19.5. The van der Waals surface area contributed by atoms with E-state index in [9.17, 15) is 25.5 Å². The van der Waals surface area contributed by atoms with Crippen LogP contribution in [0.25, 0.3) is 0 Å². The lowest BCUT2D eigenvalue weighted by Gasteiger charge is -2.66. The molecule has 1 saturated heterocycles. The van der Waals surface area contributed by atoms with E-state index in [1.807, 2.05) is 41.2 Å². The lowest BCUT2D eigenvalue weighted by atomic mass is 9.40. The summed E-state index contributed by atoms with van der Waals surface area (Å²) in [5.74, 6) is -1.54. The Morgan fingerprint density at radius 3 is 2.40 bits per heavy atom. The fourth-order valence-corrected chi connectivity index (χ4v) is 25.1. The number of ketones is 1. The Morgan fingerprint density at radius 1 is 0.960 bits per heavy atom. The summed E-state index contributed by atoms with van der Waals surface area (Å²) >= 11 is 0. The minimum absolute atomic E-state index is 0.0878. The summed E-state index contributed by atoms with van der Waals surface area (Å²) in [5, 5.41) is 82.5. The monoisotopic (exact) mass is 1070 g/mol. The summed E-state index contributed by atoms with van der Waals surface area (Å²) in [5.41, 5.74) is 9.89. The Labute approximate surface area is 454 Å². The van der Waals surface area contributed by atoms with Gasteiger partial charge >= 0.3 is 0 Å². The number of nitrogens with one attached hydrogen (secondary N) is 2. The molecule has 2 spiro atoms. The number of aliphatic hydroxyl groups excluding tert-OH is 5. The van der Waals surface area contributed by atoms with E-state index in [2.05, 4.69) is 47.2 Å².